The first-order valence-electron chi connectivity index (χ1n) is 6.71. The minimum absolute atomic E-state index is 0.0608. The molecule has 1 atom stereocenters. The van der Waals surface area contributed by atoms with Crippen LogP contribution in [0.1, 0.15) is 45.9 Å². The first kappa shape index (κ1) is 12.9. The minimum Gasteiger partial charge on any atom is -0.456 e. The molecule has 3 rings (SSSR count). The van der Waals surface area contributed by atoms with Crippen molar-refractivity contribution in [2.75, 3.05) is 13.1 Å². The standard InChI is InChI=1S/C14H17N3O3/c1-8-6-9(2)19-12(8)14(18)17-5-4-11(7-17)13-15-10(3)16-20-13/h6,11H,4-5,7H2,1-3H3/t11-/m1/s1. The van der Waals surface area contributed by atoms with E-state index in [0.717, 1.165) is 17.7 Å². The summed E-state index contributed by atoms with van der Waals surface area (Å²) < 4.78 is 10.7. The van der Waals surface area contributed by atoms with E-state index in [4.69, 9.17) is 8.94 Å². The highest BCUT2D eigenvalue weighted by Crippen LogP contribution is 2.28. The first-order chi connectivity index (χ1) is 9.54. The van der Waals surface area contributed by atoms with Crippen LogP contribution in [-0.4, -0.2) is 34.0 Å². The maximum absolute atomic E-state index is 12.4. The van der Waals surface area contributed by atoms with Gasteiger partial charge in [-0.25, -0.2) is 0 Å². The SMILES string of the molecule is Cc1noc([C@@H]2CCN(C(=O)c3oc(C)cc3C)C2)n1. The number of hydrogen-bond donors (Lipinski definition) is 0. The lowest BCUT2D eigenvalue weighted by atomic mass is 10.1. The molecular weight excluding hydrogens is 258 g/mol. The third kappa shape index (κ3) is 2.21. The molecule has 20 heavy (non-hydrogen) atoms. The molecule has 1 fully saturated rings. The minimum atomic E-state index is -0.0608. The Morgan fingerprint density at radius 2 is 2.20 bits per heavy atom. The van der Waals surface area contributed by atoms with E-state index >= 15 is 0 Å². The van der Waals surface area contributed by atoms with Gasteiger partial charge in [0, 0.05) is 18.7 Å². The fraction of sp³-hybridized carbons (Fsp3) is 0.500. The summed E-state index contributed by atoms with van der Waals surface area (Å²) in [7, 11) is 0. The highest BCUT2D eigenvalue weighted by molar-refractivity contribution is 5.93. The maximum Gasteiger partial charge on any atom is 0.289 e. The summed E-state index contributed by atoms with van der Waals surface area (Å²) in [5.74, 6) is 2.50. The monoisotopic (exact) mass is 275 g/mol. The van der Waals surface area contributed by atoms with Crippen molar-refractivity contribution in [3.05, 3.63) is 34.9 Å². The number of amides is 1. The van der Waals surface area contributed by atoms with Gasteiger partial charge in [-0.2, -0.15) is 4.98 Å². The summed E-state index contributed by atoms with van der Waals surface area (Å²) in [6.07, 6.45) is 0.839. The molecule has 0 spiro atoms. The molecule has 1 aliphatic heterocycles. The van der Waals surface area contributed by atoms with Gasteiger partial charge >= 0.3 is 0 Å². The van der Waals surface area contributed by atoms with E-state index in [-0.39, 0.29) is 11.8 Å². The topological polar surface area (TPSA) is 72.4 Å². The summed E-state index contributed by atoms with van der Waals surface area (Å²) >= 11 is 0. The average Bonchev–Trinajstić information content (AvgIpc) is 3.08. The molecule has 0 N–H and O–H groups in total. The number of carbonyl (C=O) groups excluding carboxylic acids is 1. The fourth-order valence-corrected chi connectivity index (χ4v) is 2.62. The number of aromatic nitrogens is 2. The van der Waals surface area contributed by atoms with E-state index in [2.05, 4.69) is 10.1 Å². The Hall–Kier alpha value is -2.11. The summed E-state index contributed by atoms with van der Waals surface area (Å²) in [5, 5.41) is 3.80. The number of hydrogen-bond acceptors (Lipinski definition) is 5. The van der Waals surface area contributed by atoms with Gasteiger partial charge in [0.25, 0.3) is 5.91 Å². The molecule has 2 aromatic heterocycles. The van der Waals surface area contributed by atoms with Gasteiger partial charge in [-0.15, -0.1) is 0 Å². The zero-order chi connectivity index (χ0) is 14.3. The van der Waals surface area contributed by atoms with Crippen LogP contribution in [0.5, 0.6) is 0 Å². The summed E-state index contributed by atoms with van der Waals surface area (Å²) in [6, 6.07) is 1.88. The number of likely N-dealkylation sites (tertiary alicyclic amines) is 1. The molecule has 0 aromatic carbocycles. The second kappa shape index (κ2) is 4.77. The van der Waals surface area contributed by atoms with E-state index in [1.807, 2.05) is 19.9 Å². The Morgan fingerprint density at radius 3 is 2.80 bits per heavy atom. The van der Waals surface area contributed by atoms with Gasteiger partial charge in [0.05, 0.1) is 5.92 Å². The van der Waals surface area contributed by atoms with E-state index in [0.29, 0.717) is 30.6 Å². The lowest BCUT2D eigenvalue weighted by Crippen LogP contribution is -2.28. The molecular formula is C14H17N3O3. The van der Waals surface area contributed by atoms with Crippen LogP contribution in [-0.2, 0) is 0 Å². The molecule has 106 valence electrons. The average molecular weight is 275 g/mol. The van der Waals surface area contributed by atoms with Crippen LogP contribution in [0.3, 0.4) is 0 Å². The number of nitrogens with zero attached hydrogens (tertiary/aromatic N) is 3. The molecule has 0 bridgehead atoms. The van der Waals surface area contributed by atoms with Gasteiger partial charge in [-0.3, -0.25) is 4.79 Å². The molecule has 0 aliphatic carbocycles. The molecule has 0 saturated carbocycles. The molecule has 6 nitrogen and oxygen atoms in total. The normalized spacial score (nSPS) is 18.8. The molecule has 2 aromatic rings. The van der Waals surface area contributed by atoms with Crippen molar-refractivity contribution in [3.8, 4) is 0 Å². The van der Waals surface area contributed by atoms with Gasteiger partial charge in [-0.05, 0) is 33.3 Å². The highest BCUT2D eigenvalue weighted by atomic mass is 16.5. The predicted octanol–water partition coefficient (Wildman–Crippen LogP) is 2.22. The zero-order valence-corrected chi connectivity index (χ0v) is 11.8. The molecule has 6 heteroatoms. The number of aryl methyl sites for hydroxylation is 3. The fourth-order valence-electron chi connectivity index (χ4n) is 2.62. The van der Waals surface area contributed by atoms with Crippen molar-refractivity contribution in [1.29, 1.82) is 0 Å². The van der Waals surface area contributed by atoms with Crippen molar-refractivity contribution in [2.45, 2.75) is 33.1 Å². The Labute approximate surface area is 116 Å². The van der Waals surface area contributed by atoms with Gasteiger partial charge in [0.15, 0.2) is 11.6 Å². The number of rotatable bonds is 2. The van der Waals surface area contributed by atoms with Crippen molar-refractivity contribution in [3.63, 3.8) is 0 Å². The van der Waals surface area contributed by atoms with Crippen LogP contribution in [0.2, 0.25) is 0 Å². The van der Waals surface area contributed by atoms with Crippen molar-refractivity contribution >= 4 is 5.91 Å². The van der Waals surface area contributed by atoms with Gasteiger partial charge in [0.1, 0.15) is 5.76 Å². The van der Waals surface area contributed by atoms with E-state index < -0.39 is 0 Å². The lowest BCUT2D eigenvalue weighted by molar-refractivity contribution is 0.0755. The van der Waals surface area contributed by atoms with E-state index in [1.54, 1.807) is 11.8 Å². The largest absolute Gasteiger partial charge is 0.456 e. The molecule has 0 radical (unpaired) electrons. The quantitative estimate of drug-likeness (QED) is 0.840. The van der Waals surface area contributed by atoms with Crippen molar-refractivity contribution in [2.24, 2.45) is 0 Å². The third-order valence-electron chi connectivity index (χ3n) is 3.60. The second-order valence-electron chi connectivity index (χ2n) is 5.29. The molecule has 1 amide bonds. The van der Waals surface area contributed by atoms with E-state index in [9.17, 15) is 4.79 Å². The Balaban J connectivity index is 1.74. The van der Waals surface area contributed by atoms with Crippen LogP contribution in [0.25, 0.3) is 0 Å². The van der Waals surface area contributed by atoms with Crippen molar-refractivity contribution in [1.82, 2.24) is 15.0 Å². The van der Waals surface area contributed by atoms with E-state index in [1.165, 1.54) is 0 Å². The smallest absolute Gasteiger partial charge is 0.289 e. The van der Waals surface area contributed by atoms with Gasteiger partial charge < -0.3 is 13.8 Å². The molecule has 3 heterocycles. The Kier molecular flexibility index (Phi) is 3.08. The van der Waals surface area contributed by atoms with Crippen LogP contribution in [0.15, 0.2) is 15.0 Å². The first-order valence-corrected chi connectivity index (χ1v) is 6.71. The highest BCUT2D eigenvalue weighted by Gasteiger charge is 2.33. The molecule has 0 unspecified atom stereocenters. The van der Waals surface area contributed by atoms with Crippen LogP contribution in [0.4, 0.5) is 0 Å². The van der Waals surface area contributed by atoms with Crippen LogP contribution >= 0.6 is 0 Å². The second-order valence-corrected chi connectivity index (χ2v) is 5.29. The number of carbonyl (C=O) groups is 1. The summed E-state index contributed by atoms with van der Waals surface area (Å²) in [4.78, 5) is 18.5. The van der Waals surface area contributed by atoms with Crippen LogP contribution in [0, 0.1) is 20.8 Å². The lowest BCUT2D eigenvalue weighted by Gasteiger charge is -2.14. The molecule has 1 aliphatic rings. The zero-order valence-electron chi connectivity index (χ0n) is 11.8. The van der Waals surface area contributed by atoms with Crippen molar-refractivity contribution < 1.29 is 13.7 Å². The Morgan fingerprint density at radius 1 is 1.40 bits per heavy atom. The maximum atomic E-state index is 12.4. The third-order valence-corrected chi connectivity index (χ3v) is 3.60. The van der Waals surface area contributed by atoms with Gasteiger partial charge in [0.2, 0.25) is 5.89 Å². The Bertz CT molecular complexity index is 644. The summed E-state index contributed by atoms with van der Waals surface area (Å²) in [5.41, 5.74) is 0.879. The van der Waals surface area contributed by atoms with Gasteiger partial charge in [-0.1, -0.05) is 5.16 Å². The predicted molar refractivity (Wildman–Crippen MR) is 70.5 cm³/mol. The molecule has 1 saturated heterocycles. The van der Waals surface area contributed by atoms with Crippen LogP contribution < -0.4 is 0 Å². The summed E-state index contributed by atoms with van der Waals surface area (Å²) in [6.45, 7) is 6.81. The number of furan rings is 1.